The van der Waals surface area contributed by atoms with Gasteiger partial charge in [-0.25, -0.2) is 14.3 Å². The fourth-order valence-corrected chi connectivity index (χ4v) is 2.96. The SMILES string of the molecule is CCc1cc(-n2nc(C(F)(F)F)cc2NC(=O)Nc2ccc(Cl)cc2)ccc1C(=O)O. The lowest BCUT2D eigenvalue weighted by Gasteiger charge is -2.12. The Hall–Kier alpha value is -3.53. The Morgan fingerprint density at radius 2 is 1.77 bits per heavy atom. The van der Waals surface area contributed by atoms with Crippen LogP contribution in [0, 0.1) is 0 Å². The Bertz CT molecular complexity index is 1130. The molecule has 0 saturated heterocycles. The van der Waals surface area contributed by atoms with Gasteiger partial charge in [0.25, 0.3) is 0 Å². The van der Waals surface area contributed by atoms with Gasteiger partial charge in [-0.3, -0.25) is 5.32 Å². The van der Waals surface area contributed by atoms with Crippen molar-refractivity contribution in [2.24, 2.45) is 0 Å². The molecule has 1 heterocycles. The Balaban J connectivity index is 1.97. The van der Waals surface area contributed by atoms with Gasteiger partial charge >= 0.3 is 18.2 Å². The molecule has 31 heavy (non-hydrogen) atoms. The molecular weight excluding hydrogens is 437 g/mol. The topological polar surface area (TPSA) is 96.3 Å². The standard InChI is InChI=1S/C20H16ClF3N4O3/c1-2-11-9-14(7-8-15(11)18(29)30)28-17(10-16(27-28)20(22,23)24)26-19(31)25-13-5-3-12(21)4-6-13/h3-10H,2H2,1H3,(H,29,30)(H2,25,26,31). The number of aromatic nitrogens is 2. The number of hydrogen-bond donors (Lipinski definition) is 3. The molecule has 0 unspecified atom stereocenters. The Kier molecular flexibility index (Phi) is 6.21. The van der Waals surface area contributed by atoms with Crippen molar-refractivity contribution in [3.63, 3.8) is 0 Å². The molecule has 2 amide bonds. The molecule has 0 radical (unpaired) electrons. The van der Waals surface area contributed by atoms with Crippen molar-refractivity contribution < 1.29 is 27.9 Å². The number of carboxylic acids is 1. The van der Waals surface area contributed by atoms with Gasteiger partial charge in [0, 0.05) is 16.8 Å². The highest BCUT2D eigenvalue weighted by Crippen LogP contribution is 2.31. The highest BCUT2D eigenvalue weighted by Gasteiger charge is 2.35. The van der Waals surface area contributed by atoms with Crippen LogP contribution in [0.2, 0.25) is 5.02 Å². The number of carbonyl (C=O) groups excluding carboxylic acids is 1. The number of aromatic carboxylic acids is 1. The molecule has 162 valence electrons. The molecule has 0 aliphatic heterocycles. The van der Waals surface area contributed by atoms with Crippen molar-refractivity contribution in [3.05, 3.63) is 70.4 Å². The summed E-state index contributed by atoms with van der Waals surface area (Å²) in [6, 6.07) is 10.0. The van der Waals surface area contributed by atoms with Crippen molar-refractivity contribution in [1.29, 1.82) is 0 Å². The molecule has 3 N–H and O–H groups in total. The van der Waals surface area contributed by atoms with E-state index in [0.29, 0.717) is 28.8 Å². The monoisotopic (exact) mass is 452 g/mol. The number of halogens is 4. The minimum atomic E-state index is -4.75. The summed E-state index contributed by atoms with van der Waals surface area (Å²) in [6.07, 6.45) is -4.41. The van der Waals surface area contributed by atoms with E-state index in [-0.39, 0.29) is 17.1 Å². The molecule has 11 heteroatoms. The van der Waals surface area contributed by atoms with E-state index >= 15 is 0 Å². The van der Waals surface area contributed by atoms with Crippen molar-refractivity contribution in [3.8, 4) is 5.69 Å². The van der Waals surface area contributed by atoms with Gasteiger partial charge in [-0.15, -0.1) is 0 Å². The number of rotatable bonds is 5. The van der Waals surface area contributed by atoms with Gasteiger partial charge in [-0.1, -0.05) is 18.5 Å². The maximum absolute atomic E-state index is 13.2. The molecule has 1 aromatic heterocycles. The minimum Gasteiger partial charge on any atom is -0.478 e. The van der Waals surface area contributed by atoms with E-state index in [1.54, 1.807) is 19.1 Å². The van der Waals surface area contributed by atoms with Crippen molar-refractivity contribution in [2.45, 2.75) is 19.5 Å². The van der Waals surface area contributed by atoms with E-state index in [0.717, 1.165) is 4.68 Å². The van der Waals surface area contributed by atoms with E-state index in [1.165, 1.54) is 30.3 Å². The molecule has 0 aliphatic carbocycles. The largest absolute Gasteiger partial charge is 0.478 e. The molecule has 0 bridgehead atoms. The third-order valence-electron chi connectivity index (χ3n) is 4.29. The van der Waals surface area contributed by atoms with Crippen LogP contribution in [0.4, 0.5) is 29.5 Å². The van der Waals surface area contributed by atoms with Gasteiger partial charge in [0.15, 0.2) is 5.69 Å². The van der Waals surface area contributed by atoms with Crippen LogP contribution in [0.15, 0.2) is 48.5 Å². The summed E-state index contributed by atoms with van der Waals surface area (Å²) in [6.45, 7) is 1.72. The highest BCUT2D eigenvalue weighted by atomic mass is 35.5. The quantitative estimate of drug-likeness (QED) is 0.479. The molecule has 7 nitrogen and oxygen atoms in total. The number of nitrogens with zero attached hydrogens (tertiary/aromatic N) is 2. The zero-order valence-electron chi connectivity index (χ0n) is 16.0. The van der Waals surface area contributed by atoms with Crippen LogP contribution in [-0.4, -0.2) is 26.9 Å². The zero-order chi connectivity index (χ0) is 22.8. The molecule has 0 aliphatic rings. The summed E-state index contributed by atoms with van der Waals surface area (Å²) >= 11 is 5.78. The summed E-state index contributed by atoms with van der Waals surface area (Å²) in [7, 11) is 0. The van der Waals surface area contributed by atoms with Crippen LogP contribution in [0.25, 0.3) is 5.69 Å². The van der Waals surface area contributed by atoms with E-state index in [4.69, 9.17) is 11.6 Å². The lowest BCUT2D eigenvalue weighted by Crippen LogP contribution is -2.21. The number of carboxylic acid groups (broad SMARTS) is 1. The highest BCUT2D eigenvalue weighted by molar-refractivity contribution is 6.30. The van der Waals surface area contributed by atoms with Crippen LogP contribution in [-0.2, 0) is 12.6 Å². The van der Waals surface area contributed by atoms with Crippen LogP contribution in [0.1, 0.15) is 28.5 Å². The predicted octanol–water partition coefficient (Wildman–Crippen LogP) is 5.45. The van der Waals surface area contributed by atoms with E-state index in [1.807, 2.05) is 0 Å². The number of hydrogen-bond acceptors (Lipinski definition) is 3. The van der Waals surface area contributed by atoms with Crippen molar-refractivity contribution in [2.75, 3.05) is 10.6 Å². The number of anilines is 2. The number of aryl methyl sites for hydroxylation is 1. The molecule has 0 saturated carbocycles. The molecule has 3 aromatic rings. The van der Waals surface area contributed by atoms with Crippen LogP contribution in [0.3, 0.4) is 0 Å². The maximum atomic E-state index is 13.2. The summed E-state index contributed by atoms with van der Waals surface area (Å²) in [5.41, 5.74) is -0.230. The smallest absolute Gasteiger partial charge is 0.435 e. The van der Waals surface area contributed by atoms with Gasteiger partial charge in [0.05, 0.1) is 11.3 Å². The van der Waals surface area contributed by atoms with Gasteiger partial charge < -0.3 is 10.4 Å². The van der Waals surface area contributed by atoms with Crippen LogP contribution >= 0.6 is 11.6 Å². The minimum absolute atomic E-state index is 0.0319. The molecule has 3 rings (SSSR count). The summed E-state index contributed by atoms with van der Waals surface area (Å²) in [5.74, 6) is -1.40. The van der Waals surface area contributed by atoms with Gasteiger partial charge in [-0.2, -0.15) is 18.3 Å². The second-order valence-electron chi connectivity index (χ2n) is 6.41. The normalized spacial score (nSPS) is 11.3. The molecule has 2 aromatic carbocycles. The average molecular weight is 453 g/mol. The fraction of sp³-hybridized carbons (Fsp3) is 0.150. The number of amides is 2. The predicted molar refractivity (Wildman–Crippen MR) is 109 cm³/mol. The Morgan fingerprint density at radius 1 is 1.10 bits per heavy atom. The van der Waals surface area contributed by atoms with Gasteiger partial charge in [-0.05, 0) is 54.4 Å². The molecule has 0 spiro atoms. The first-order valence-corrected chi connectivity index (χ1v) is 9.33. The number of nitrogens with one attached hydrogen (secondary N) is 2. The lowest BCUT2D eigenvalue weighted by molar-refractivity contribution is -0.141. The summed E-state index contributed by atoms with van der Waals surface area (Å²) in [5, 5.41) is 18.1. The second kappa shape index (κ2) is 8.68. The fourth-order valence-electron chi connectivity index (χ4n) is 2.83. The Morgan fingerprint density at radius 3 is 2.35 bits per heavy atom. The summed E-state index contributed by atoms with van der Waals surface area (Å²) in [4.78, 5) is 23.6. The summed E-state index contributed by atoms with van der Waals surface area (Å²) < 4.78 is 40.6. The van der Waals surface area contributed by atoms with Crippen LogP contribution in [0.5, 0.6) is 0 Å². The maximum Gasteiger partial charge on any atom is 0.435 e. The number of alkyl halides is 3. The van der Waals surface area contributed by atoms with E-state index in [2.05, 4.69) is 15.7 Å². The first kappa shape index (κ1) is 22.2. The van der Waals surface area contributed by atoms with Crippen molar-refractivity contribution >= 4 is 35.1 Å². The molecule has 0 atom stereocenters. The molecular formula is C20H16ClF3N4O3. The number of urea groups is 1. The first-order chi connectivity index (χ1) is 14.6. The second-order valence-corrected chi connectivity index (χ2v) is 6.85. The van der Waals surface area contributed by atoms with Crippen molar-refractivity contribution in [1.82, 2.24) is 9.78 Å². The first-order valence-electron chi connectivity index (χ1n) is 8.96. The lowest BCUT2D eigenvalue weighted by atomic mass is 10.0. The number of benzene rings is 2. The van der Waals surface area contributed by atoms with Gasteiger partial charge in [0.2, 0.25) is 0 Å². The molecule has 0 fully saturated rings. The average Bonchev–Trinajstić information content (AvgIpc) is 3.13. The number of carbonyl (C=O) groups is 2. The third-order valence-corrected chi connectivity index (χ3v) is 4.54. The third kappa shape index (κ3) is 5.15. The van der Waals surface area contributed by atoms with Crippen LogP contribution < -0.4 is 10.6 Å². The van der Waals surface area contributed by atoms with Gasteiger partial charge in [0.1, 0.15) is 5.82 Å². The Labute approximate surface area is 179 Å². The van der Waals surface area contributed by atoms with E-state index < -0.39 is 23.9 Å². The van der Waals surface area contributed by atoms with E-state index in [9.17, 15) is 27.9 Å². The zero-order valence-corrected chi connectivity index (χ0v) is 16.8.